The molecule has 0 radical (unpaired) electrons. The summed E-state index contributed by atoms with van der Waals surface area (Å²) >= 11 is 0. The molecule has 0 aliphatic heterocycles. The molecule has 0 amide bonds. The number of para-hydroxylation sites is 1. The molecule has 1 aromatic carbocycles. The lowest BCUT2D eigenvalue weighted by Crippen LogP contribution is -2.18. The fourth-order valence-electron chi connectivity index (χ4n) is 1.42. The fourth-order valence-corrected chi connectivity index (χ4v) is 1.42. The first-order chi connectivity index (χ1) is 8.47. The van der Waals surface area contributed by atoms with Gasteiger partial charge in [0.1, 0.15) is 11.4 Å². The first kappa shape index (κ1) is 12.2. The highest BCUT2D eigenvalue weighted by atomic mass is 19.4. The van der Waals surface area contributed by atoms with Crippen molar-refractivity contribution >= 4 is 0 Å². The van der Waals surface area contributed by atoms with Gasteiger partial charge < -0.3 is 9.72 Å². The van der Waals surface area contributed by atoms with E-state index in [0.717, 1.165) is 6.07 Å². The van der Waals surface area contributed by atoms with E-state index in [9.17, 15) is 18.0 Å². The lowest BCUT2D eigenvalue weighted by atomic mass is 10.1. The van der Waals surface area contributed by atoms with Gasteiger partial charge in [-0.05, 0) is 12.1 Å². The van der Waals surface area contributed by atoms with Crippen LogP contribution in [0.25, 0.3) is 11.3 Å². The maximum atomic E-state index is 12.2. The lowest BCUT2D eigenvalue weighted by molar-refractivity contribution is -0.274. The molecule has 0 aliphatic rings. The predicted octanol–water partition coefficient (Wildman–Crippen LogP) is 2.34. The van der Waals surface area contributed by atoms with E-state index < -0.39 is 17.7 Å². The number of rotatable bonds is 2. The number of hydrogen-bond acceptors (Lipinski definition) is 3. The minimum atomic E-state index is -4.82. The van der Waals surface area contributed by atoms with Gasteiger partial charge in [-0.25, -0.2) is 4.98 Å². The van der Waals surface area contributed by atoms with E-state index in [-0.39, 0.29) is 11.3 Å². The smallest absolute Gasteiger partial charge is 0.405 e. The van der Waals surface area contributed by atoms with Gasteiger partial charge in [-0.2, -0.15) is 0 Å². The van der Waals surface area contributed by atoms with Crippen LogP contribution in [0, 0.1) is 0 Å². The highest BCUT2D eigenvalue weighted by Gasteiger charge is 2.32. The van der Waals surface area contributed by atoms with E-state index in [4.69, 9.17) is 0 Å². The van der Waals surface area contributed by atoms with E-state index in [1.54, 1.807) is 0 Å². The van der Waals surface area contributed by atoms with Crippen LogP contribution >= 0.6 is 0 Å². The molecule has 2 rings (SSSR count). The summed E-state index contributed by atoms with van der Waals surface area (Å²) in [5.74, 6) is -0.464. The van der Waals surface area contributed by atoms with E-state index in [1.807, 2.05) is 0 Å². The molecule has 1 aromatic heterocycles. The number of aromatic nitrogens is 2. The molecule has 0 fully saturated rings. The molecule has 1 heterocycles. The summed E-state index contributed by atoms with van der Waals surface area (Å²) < 4.78 is 40.5. The molecule has 0 unspecified atom stereocenters. The first-order valence-corrected chi connectivity index (χ1v) is 4.86. The molecule has 0 saturated carbocycles. The third-order valence-corrected chi connectivity index (χ3v) is 2.08. The van der Waals surface area contributed by atoms with E-state index in [2.05, 4.69) is 14.7 Å². The number of benzene rings is 1. The van der Waals surface area contributed by atoms with Crippen molar-refractivity contribution < 1.29 is 17.9 Å². The number of nitrogens with zero attached hydrogens (tertiary/aromatic N) is 1. The van der Waals surface area contributed by atoms with Crippen molar-refractivity contribution in [2.75, 3.05) is 0 Å². The Morgan fingerprint density at radius 3 is 2.61 bits per heavy atom. The molecule has 94 valence electrons. The summed E-state index contributed by atoms with van der Waals surface area (Å²) in [6.45, 7) is 0. The number of H-pyrrole nitrogens is 1. The molecule has 2 aromatic rings. The minimum absolute atomic E-state index is 0.0170. The SMILES string of the molecule is O=c1[nH]ccnc1-c1ccccc1OC(F)(F)F. The van der Waals surface area contributed by atoms with Crippen LogP contribution in [0.1, 0.15) is 0 Å². The Hall–Kier alpha value is -2.31. The van der Waals surface area contributed by atoms with E-state index in [0.29, 0.717) is 0 Å². The maximum Gasteiger partial charge on any atom is 0.573 e. The van der Waals surface area contributed by atoms with Gasteiger partial charge in [0.25, 0.3) is 5.56 Å². The molecule has 0 spiro atoms. The van der Waals surface area contributed by atoms with Crippen LogP contribution in [0.5, 0.6) is 5.75 Å². The average Bonchev–Trinajstić information content (AvgIpc) is 2.29. The van der Waals surface area contributed by atoms with Crippen LogP contribution in [-0.4, -0.2) is 16.3 Å². The van der Waals surface area contributed by atoms with Gasteiger partial charge in [-0.1, -0.05) is 12.1 Å². The average molecular weight is 256 g/mol. The monoisotopic (exact) mass is 256 g/mol. The number of halogens is 3. The minimum Gasteiger partial charge on any atom is -0.405 e. The van der Waals surface area contributed by atoms with Gasteiger partial charge in [0.2, 0.25) is 0 Å². The van der Waals surface area contributed by atoms with Crippen LogP contribution in [-0.2, 0) is 0 Å². The summed E-state index contributed by atoms with van der Waals surface area (Å²) in [5.41, 5.74) is -0.732. The van der Waals surface area contributed by atoms with E-state index in [1.165, 1.54) is 30.6 Å². The fraction of sp³-hybridized carbons (Fsp3) is 0.0909. The number of nitrogens with one attached hydrogen (secondary N) is 1. The van der Waals surface area contributed by atoms with Gasteiger partial charge in [-0.15, -0.1) is 13.2 Å². The lowest BCUT2D eigenvalue weighted by Gasteiger charge is -2.12. The Balaban J connectivity index is 2.52. The predicted molar refractivity (Wildman–Crippen MR) is 57.0 cm³/mol. The molecule has 7 heteroatoms. The van der Waals surface area contributed by atoms with Crippen LogP contribution in [0.2, 0.25) is 0 Å². The number of alkyl halides is 3. The summed E-state index contributed by atoms with van der Waals surface area (Å²) in [4.78, 5) is 17.6. The molecular weight excluding hydrogens is 249 g/mol. The molecule has 4 nitrogen and oxygen atoms in total. The van der Waals surface area contributed by atoms with Crippen LogP contribution in [0.3, 0.4) is 0 Å². The number of aromatic amines is 1. The van der Waals surface area contributed by atoms with Crippen molar-refractivity contribution in [3.05, 3.63) is 47.0 Å². The van der Waals surface area contributed by atoms with Crippen molar-refractivity contribution in [1.29, 1.82) is 0 Å². The topological polar surface area (TPSA) is 55.0 Å². The third kappa shape index (κ3) is 2.68. The Labute approximate surface area is 99.1 Å². The second-order valence-corrected chi connectivity index (χ2v) is 3.31. The first-order valence-electron chi connectivity index (χ1n) is 4.86. The standard InChI is InChI=1S/C11H7F3N2O2/c12-11(13,14)18-8-4-2-1-3-7(8)9-10(17)16-6-5-15-9/h1-6H,(H,16,17). The molecule has 1 N–H and O–H groups in total. The number of hydrogen-bond donors (Lipinski definition) is 1. The Morgan fingerprint density at radius 1 is 1.22 bits per heavy atom. The maximum absolute atomic E-state index is 12.2. The van der Waals surface area contributed by atoms with Crippen molar-refractivity contribution in [2.45, 2.75) is 6.36 Å². The van der Waals surface area contributed by atoms with Gasteiger partial charge in [0.05, 0.1) is 0 Å². The summed E-state index contributed by atoms with van der Waals surface area (Å²) in [6.07, 6.45) is -2.25. The second kappa shape index (κ2) is 4.52. The van der Waals surface area contributed by atoms with Crippen molar-refractivity contribution in [3.8, 4) is 17.0 Å². The quantitative estimate of drug-likeness (QED) is 0.897. The normalized spacial score (nSPS) is 11.3. The van der Waals surface area contributed by atoms with Gasteiger partial charge in [-0.3, -0.25) is 4.79 Å². The highest BCUT2D eigenvalue weighted by Crippen LogP contribution is 2.30. The van der Waals surface area contributed by atoms with E-state index >= 15 is 0 Å². The van der Waals surface area contributed by atoms with Crippen LogP contribution in [0.15, 0.2) is 41.5 Å². The molecule has 0 atom stereocenters. The second-order valence-electron chi connectivity index (χ2n) is 3.31. The molecule has 0 saturated heterocycles. The zero-order valence-corrected chi connectivity index (χ0v) is 8.86. The molecule has 18 heavy (non-hydrogen) atoms. The Morgan fingerprint density at radius 2 is 1.94 bits per heavy atom. The van der Waals surface area contributed by atoms with Crippen molar-refractivity contribution in [1.82, 2.24) is 9.97 Å². The zero-order valence-electron chi connectivity index (χ0n) is 8.86. The summed E-state index contributed by atoms with van der Waals surface area (Å²) in [6, 6.07) is 5.32. The van der Waals surface area contributed by atoms with Gasteiger partial charge in [0.15, 0.2) is 0 Å². The zero-order chi connectivity index (χ0) is 13.2. The highest BCUT2D eigenvalue weighted by molar-refractivity contribution is 5.66. The summed E-state index contributed by atoms with van der Waals surface area (Å²) in [7, 11) is 0. The van der Waals surface area contributed by atoms with Crippen molar-refractivity contribution in [2.24, 2.45) is 0 Å². The van der Waals surface area contributed by atoms with Crippen molar-refractivity contribution in [3.63, 3.8) is 0 Å². The van der Waals surface area contributed by atoms with Crippen LogP contribution in [0.4, 0.5) is 13.2 Å². The molecular formula is C11H7F3N2O2. The van der Waals surface area contributed by atoms with Gasteiger partial charge >= 0.3 is 6.36 Å². The third-order valence-electron chi connectivity index (χ3n) is 2.08. The summed E-state index contributed by atoms with van der Waals surface area (Å²) in [5, 5.41) is 0. The molecule has 0 bridgehead atoms. The Bertz CT molecular complexity index is 607. The largest absolute Gasteiger partial charge is 0.573 e. The Kier molecular flexibility index (Phi) is 3.05. The van der Waals surface area contributed by atoms with Gasteiger partial charge in [0, 0.05) is 18.0 Å². The molecule has 0 aliphatic carbocycles. The number of ether oxygens (including phenoxy) is 1. The van der Waals surface area contributed by atoms with Crippen LogP contribution < -0.4 is 10.3 Å².